The number of carbonyl (C=O) groups is 1. The van der Waals surface area contributed by atoms with E-state index in [1.54, 1.807) is 24.3 Å². The maximum absolute atomic E-state index is 13.8. The Balaban J connectivity index is 1.78. The molecule has 0 aliphatic carbocycles. The summed E-state index contributed by atoms with van der Waals surface area (Å²) in [5.74, 6) is -0.345. The quantitative estimate of drug-likeness (QED) is 0.752. The highest BCUT2D eigenvalue weighted by Crippen LogP contribution is 2.25. The second-order valence-corrected chi connectivity index (χ2v) is 5.97. The lowest BCUT2D eigenvalue weighted by molar-refractivity contribution is -0.116. The third-order valence-electron chi connectivity index (χ3n) is 3.97. The number of nitrogens with one attached hydrogen (secondary N) is 1. The van der Waals surface area contributed by atoms with Gasteiger partial charge in [-0.05, 0) is 36.8 Å². The van der Waals surface area contributed by atoms with Crippen LogP contribution < -0.4 is 15.6 Å². The summed E-state index contributed by atoms with van der Waals surface area (Å²) >= 11 is 0. The first kappa shape index (κ1) is 18.3. The van der Waals surface area contributed by atoms with E-state index in [1.807, 2.05) is 13.0 Å². The fraction of sp³-hybridized carbons (Fsp3) is 0.150. The third kappa shape index (κ3) is 4.20. The lowest BCUT2D eigenvalue weighted by Crippen LogP contribution is -2.27. The normalized spacial score (nSPS) is 10.5. The van der Waals surface area contributed by atoms with Gasteiger partial charge in [0.1, 0.15) is 18.1 Å². The minimum absolute atomic E-state index is 0.218. The number of nitrogens with zero attached hydrogens (tertiary/aromatic N) is 2. The van der Waals surface area contributed by atoms with E-state index in [9.17, 15) is 14.0 Å². The van der Waals surface area contributed by atoms with E-state index in [4.69, 9.17) is 4.74 Å². The van der Waals surface area contributed by atoms with Crippen molar-refractivity contribution in [3.8, 4) is 17.0 Å². The molecule has 0 aliphatic rings. The number of amides is 1. The largest absolute Gasteiger partial charge is 0.495 e. The Bertz CT molecular complexity index is 1050. The van der Waals surface area contributed by atoms with Crippen molar-refractivity contribution >= 4 is 11.6 Å². The zero-order valence-electron chi connectivity index (χ0n) is 14.9. The third-order valence-corrected chi connectivity index (χ3v) is 3.97. The average Bonchev–Trinajstić information content (AvgIpc) is 2.64. The fourth-order valence-corrected chi connectivity index (χ4v) is 2.62. The smallest absolute Gasteiger partial charge is 0.254 e. The minimum Gasteiger partial charge on any atom is -0.495 e. The number of carbonyl (C=O) groups excluding carboxylic acids is 1. The first-order chi connectivity index (χ1) is 13.0. The van der Waals surface area contributed by atoms with Crippen LogP contribution in [0.15, 0.2) is 59.7 Å². The van der Waals surface area contributed by atoms with Crippen LogP contribution in [0.2, 0.25) is 0 Å². The van der Waals surface area contributed by atoms with E-state index in [1.165, 1.54) is 31.6 Å². The predicted molar refractivity (Wildman–Crippen MR) is 100 cm³/mol. The van der Waals surface area contributed by atoms with Gasteiger partial charge in [0, 0.05) is 11.6 Å². The van der Waals surface area contributed by atoms with E-state index in [2.05, 4.69) is 10.3 Å². The van der Waals surface area contributed by atoms with Crippen LogP contribution in [0.3, 0.4) is 0 Å². The number of anilines is 1. The van der Waals surface area contributed by atoms with Crippen LogP contribution in [0, 0.1) is 12.7 Å². The van der Waals surface area contributed by atoms with Crippen molar-refractivity contribution in [2.24, 2.45) is 0 Å². The summed E-state index contributed by atoms with van der Waals surface area (Å²) in [5, 5.41) is 2.72. The molecule has 0 saturated heterocycles. The number of aromatic nitrogens is 2. The molecule has 0 aliphatic heterocycles. The highest BCUT2D eigenvalue weighted by molar-refractivity contribution is 5.92. The van der Waals surface area contributed by atoms with Crippen LogP contribution in [0.1, 0.15) is 5.56 Å². The zero-order chi connectivity index (χ0) is 19.4. The van der Waals surface area contributed by atoms with Gasteiger partial charge in [0.25, 0.3) is 5.56 Å². The Hall–Kier alpha value is -3.48. The van der Waals surface area contributed by atoms with Gasteiger partial charge in [-0.1, -0.05) is 18.2 Å². The lowest BCUT2D eigenvalue weighted by atomic mass is 10.1. The molecule has 0 radical (unpaired) electrons. The van der Waals surface area contributed by atoms with Crippen LogP contribution in [0.4, 0.5) is 10.1 Å². The number of methoxy groups -OCH3 is 1. The number of aryl methyl sites for hydroxylation is 1. The summed E-state index contributed by atoms with van der Waals surface area (Å²) in [6.45, 7) is 1.67. The Morgan fingerprint density at radius 1 is 1.22 bits per heavy atom. The molecule has 3 aromatic rings. The highest BCUT2D eigenvalue weighted by atomic mass is 19.1. The van der Waals surface area contributed by atoms with E-state index < -0.39 is 17.3 Å². The zero-order valence-corrected chi connectivity index (χ0v) is 14.9. The van der Waals surface area contributed by atoms with E-state index in [-0.39, 0.29) is 17.8 Å². The molecule has 3 rings (SSSR count). The summed E-state index contributed by atoms with van der Waals surface area (Å²) < 4.78 is 20.2. The molecule has 0 saturated carbocycles. The molecular formula is C20H18FN3O3. The standard InChI is InChI=1S/C20H18FN3O3/c1-13-7-8-18(27-2)17(9-13)23-19(25)11-24-12-22-16(10-20(24)26)14-5-3-4-6-15(14)21/h3-10,12H,11H2,1-2H3,(H,23,25). The number of hydrogen-bond acceptors (Lipinski definition) is 4. The Labute approximate surface area is 155 Å². The van der Waals surface area contributed by atoms with Crippen LogP contribution in [-0.2, 0) is 11.3 Å². The molecule has 1 heterocycles. The van der Waals surface area contributed by atoms with Crippen LogP contribution in [0.5, 0.6) is 5.75 Å². The summed E-state index contributed by atoms with van der Waals surface area (Å²) in [6.07, 6.45) is 1.23. The Morgan fingerprint density at radius 3 is 2.70 bits per heavy atom. The number of halogens is 1. The first-order valence-electron chi connectivity index (χ1n) is 8.24. The van der Waals surface area contributed by atoms with Crippen LogP contribution in [-0.4, -0.2) is 22.6 Å². The second-order valence-electron chi connectivity index (χ2n) is 5.97. The van der Waals surface area contributed by atoms with Crippen molar-refractivity contribution < 1.29 is 13.9 Å². The number of ether oxygens (including phenoxy) is 1. The molecule has 0 fully saturated rings. The molecule has 0 spiro atoms. The highest BCUT2D eigenvalue weighted by Gasteiger charge is 2.11. The van der Waals surface area contributed by atoms with Gasteiger partial charge < -0.3 is 10.1 Å². The van der Waals surface area contributed by atoms with Crippen molar-refractivity contribution in [2.75, 3.05) is 12.4 Å². The predicted octanol–water partition coefficient (Wildman–Crippen LogP) is 3.01. The Kier molecular flexibility index (Phi) is 5.30. The summed E-state index contributed by atoms with van der Waals surface area (Å²) in [7, 11) is 1.51. The van der Waals surface area contributed by atoms with Crippen LogP contribution in [0.25, 0.3) is 11.3 Å². The molecule has 0 atom stereocenters. The monoisotopic (exact) mass is 367 g/mol. The maximum Gasteiger partial charge on any atom is 0.254 e. The molecular weight excluding hydrogens is 349 g/mol. The van der Waals surface area contributed by atoms with Gasteiger partial charge >= 0.3 is 0 Å². The minimum atomic E-state index is -0.466. The molecule has 1 amide bonds. The number of benzene rings is 2. The lowest BCUT2D eigenvalue weighted by Gasteiger charge is -2.12. The molecule has 0 bridgehead atoms. The molecule has 138 valence electrons. The molecule has 0 unspecified atom stereocenters. The van der Waals surface area contributed by atoms with Gasteiger partial charge in [-0.15, -0.1) is 0 Å². The topological polar surface area (TPSA) is 73.2 Å². The van der Waals surface area contributed by atoms with Crippen molar-refractivity contribution in [2.45, 2.75) is 13.5 Å². The molecule has 27 heavy (non-hydrogen) atoms. The Morgan fingerprint density at radius 2 is 2.00 bits per heavy atom. The molecule has 2 aromatic carbocycles. The summed E-state index contributed by atoms with van der Waals surface area (Å²) in [6, 6.07) is 12.7. The number of hydrogen-bond donors (Lipinski definition) is 1. The molecule has 7 heteroatoms. The van der Waals surface area contributed by atoms with Crippen molar-refractivity contribution in [3.63, 3.8) is 0 Å². The average molecular weight is 367 g/mol. The fourth-order valence-electron chi connectivity index (χ4n) is 2.62. The van der Waals surface area contributed by atoms with Gasteiger partial charge in [-0.2, -0.15) is 0 Å². The van der Waals surface area contributed by atoms with Gasteiger partial charge in [0.05, 0.1) is 24.8 Å². The van der Waals surface area contributed by atoms with Gasteiger partial charge in [0.2, 0.25) is 5.91 Å². The molecule has 1 aromatic heterocycles. The maximum atomic E-state index is 13.8. The van der Waals surface area contributed by atoms with E-state index in [0.29, 0.717) is 11.4 Å². The summed E-state index contributed by atoms with van der Waals surface area (Å²) in [4.78, 5) is 28.7. The van der Waals surface area contributed by atoms with Crippen molar-refractivity contribution in [1.82, 2.24) is 9.55 Å². The first-order valence-corrected chi connectivity index (χ1v) is 8.24. The van der Waals surface area contributed by atoms with Gasteiger partial charge in [-0.25, -0.2) is 9.37 Å². The van der Waals surface area contributed by atoms with Crippen molar-refractivity contribution in [1.29, 1.82) is 0 Å². The second kappa shape index (κ2) is 7.82. The van der Waals surface area contributed by atoms with Gasteiger partial charge in [0.15, 0.2) is 0 Å². The van der Waals surface area contributed by atoms with Gasteiger partial charge in [-0.3, -0.25) is 14.2 Å². The molecule has 6 nitrogen and oxygen atoms in total. The number of rotatable bonds is 5. The summed E-state index contributed by atoms with van der Waals surface area (Å²) in [5.41, 5.74) is 1.48. The van der Waals surface area contributed by atoms with E-state index >= 15 is 0 Å². The van der Waals surface area contributed by atoms with E-state index in [0.717, 1.165) is 10.1 Å². The van der Waals surface area contributed by atoms with Crippen molar-refractivity contribution in [3.05, 3.63) is 76.6 Å². The SMILES string of the molecule is COc1ccc(C)cc1NC(=O)Cn1cnc(-c2ccccc2F)cc1=O. The molecule has 1 N–H and O–H groups in total. The van der Waals surface area contributed by atoms with Crippen LogP contribution >= 0.6 is 0 Å².